The van der Waals surface area contributed by atoms with Crippen molar-refractivity contribution in [1.82, 2.24) is 9.97 Å². The Bertz CT molecular complexity index is 2160. The number of halogens is 2. The first-order valence-electron chi connectivity index (χ1n) is 13.3. The van der Waals surface area contributed by atoms with Crippen LogP contribution in [0.25, 0.3) is 54.5 Å². The van der Waals surface area contributed by atoms with Crippen molar-refractivity contribution in [2.75, 3.05) is 0 Å². The van der Waals surface area contributed by atoms with Gasteiger partial charge in [0.05, 0.1) is 19.5 Å². The predicted molar refractivity (Wildman–Crippen MR) is 165 cm³/mol. The summed E-state index contributed by atoms with van der Waals surface area (Å²) in [5.41, 5.74) is 3.27. The number of rotatable bonds is 6. The van der Waals surface area contributed by atoms with Crippen molar-refractivity contribution in [2.45, 2.75) is 0 Å². The van der Waals surface area contributed by atoms with Crippen molar-refractivity contribution in [3.05, 3.63) is 130 Å². The minimum Gasteiger partial charge on any atom is -0.435 e. The largest absolute Gasteiger partial charge is 0.435 e. The van der Waals surface area contributed by atoms with Gasteiger partial charge >= 0.3 is 0 Å². The summed E-state index contributed by atoms with van der Waals surface area (Å²) in [5, 5.41) is 1.76. The lowest BCUT2D eigenvalue weighted by atomic mass is 10.1. The second-order valence-electron chi connectivity index (χ2n) is 10.0. The average Bonchev–Trinajstić information content (AvgIpc) is 3.84. The number of fused-ring (bicyclic) bond motifs is 3. The van der Waals surface area contributed by atoms with Crippen molar-refractivity contribution < 1.29 is 27.2 Å². The molecule has 0 fully saturated rings. The van der Waals surface area contributed by atoms with Gasteiger partial charge in [-0.3, -0.25) is 9.59 Å². The molecule has 0 bridgehead atoms. The van der Waals surface area contributed by atoms with Crippen LogP contribution in [0.1, 0.15) is 30.5 Å². The maximum absolute atomic E-state index is 13.3. The van der Waals surface area contributed by atoms with E-state index in [1.54, 1.807) is 24.3 Å². The number of ketones is 2. The summed E-state index contributed by atoms with van der Waals surface area (Å²) >= 11 is 2.52. The second-order valence-corrected chi connectivity index (χ2v) is 12.2. The number of hydrogen-bond acceptors (Lipinski definition) is 8. The Hall–Kier alpha value is -5.32. The zero-order valence-electron chi connectivity index (χ0n) is 22.3. The number of nitrogens with zero attached hydrogens (tertiary/aromatic N) is 2. The van der Waals surface area contributed by atoms with Crippen molar-refractivity contribution in [2.24, 2.45) is 0 Å². The van der Waals surface area contributed by atoms with Crippen LogP contribution < -0.4 is 0 Å². The SMILES string of the molecule is O=C(c1ccc(F)cc1)c1ccc(-c2nc3cc4cc5oc(-c6ccc(C(=O)c7ccc(F)cc7)s6)nc5cc4cc3o2)s1. The van der Waals surface area contributed by atoms with E-state index in [1.807, 2.05) is 24.3 Å². The Morgan fingerprint density at radius 1 is 0.545 bits per heavy atom. The smallest absolute Gasteiger partial charge is 0.237 e. The number of thiophene rings is 2. The maximum atomic E-state index is 13.3. The lowest BCUT2D eigenvalue weighted by molar-refractivity contribution is 0.103. The third-order valence-electron chi connectivity index (χ3n) is 7.15. The first kappa shape index (κ1) is 26.3. The van der Waals surface area contributed by atoms with Gasteiger partial charge in [-0.25, -0.2) is 18.7 Å². The van der Waals surface area contributed by atoms with Gasteiger partial charge in [0.15, 0.2) is 11.2 Å². The van der Waals surface area contributed by atoms with Crippen molar-refractivity contribution in [3.63, 3.8) is 0 Å². The summed E-state index contributed by atoms with van der Waals surface area (Å²) in [4.78, 5) is 37.4. The van der Waals surface area contributed by atoms with Gasteiger partial charge in [-0.05, 0) is 108 Å². The van der Waals surface area contributed by atoms with E-state index in [1.165, 1.54) is 71.2 Å². The van der Waals surface area contributed by atoms with E-state index in [4.69, 9.17) is 8.83 Å². The molecule has 0 saturated carbocycles. The summed E-state index contributed by atoms with van der Waals surface area (Å²) in [5.74, 6) is -0.403. The minimum absolute atomic E-state index is 0.198. The van der Waals surface area contributed by atoms with Crippen LogP contribution in [0.2, 0.25) is 0 Å². The summed E-state index contributed by atoms with van der Waals surface area (Å²) in [6.07, 6.45) is 0. The molecule has 0 N–H and O–H groups in total. The highest BCUT2D eigenvalue weighted by Crippen LogP contribution is 2.36. The number of oxazole rings is 2. The summed E-state index contributed by atoms with van der Waals surface area (Å²) < 4.78 is 38.7. The van der Waals surface area contributed by atoms with Crippen LogP contribution in [-0.2, 0) is 0 Å². The molecule has 0 saturated heterocycles. The molecule has 0 amide bonds. The highest BCUT2D eigenvalue weighted by Gasteiger charge is 2.19. The molecule has 8 rings (SSSR count). The summed E-state index contributed by atoms with van der Waals surface area (Å²) in [6, 6.07) is 25.5. The second kappa shape index (κ2) is 10.1. The fourth-order valence-corrected chi connectivity index (χ4v) is 6.73. The molecule has 0 spiro atoms. The molecule has 212 valence electrons. The van der Waals surface area contributed by atoms with E-state index in [-0.39, 0.29) is 11.6 Å². The van der Waals surface area contributed by atoms with Crippen LogP contribution >= 0.6 is 22.7 Å². The van der Waals surface area contributed by atoms with Crippen LogP contribution in [-0.4, -0.2) is 21.5 Å². The molecule has 8 aromatic rings. The van der Waals surface area contributed by atoms with E-state index in [0.29, 0.717) is 64.6 Å². The topological polar surface area (TPSA) is 86.2 Å². The summed E-state index contributed by atoms with van der Waals surface area (Å²) in [7, 11) is 0. The summed E-state index contributed by atoms with van der Waals surface area (Å²) in [6.45, 7) is 0. The van der Waals surface area contributed by atoms with Gasteiger partial charge in [0.1, 0.15) is 22.7 Å². The number of aromatic nitrogens is 2. The molecule has 4 heterocycles. The molecular formula is C34H16F2N2O4S2. The number of carbonyl (C=O) groups excluding carboxylic acids is 2. The fraction of sp³-hybridized carbons (Fsp3) is 0. The van der Waals surface area contributed by atoms with Crippen LogP contribution in [0.4, 0.5) is 8.78 Å². The van der Waals surface area contributed by atoms with Crippen molar-refractivity contribution in [1.29, 1.82) is 0 Å². The normalized spacial score (nSPS) is 11.6. The molecule has 0 aliphatic carbocycles. The van der Waals surface area contributed by atoms with Crippen LogP contribution in [0, 0.1) is 11.6 Å². The molecule has 6 nitrogen and oxygen atoms in total. The van der Waals surface area contributed by atoms with Crippen molar-refractivity contribution in [3.8, 4) is 21.5 Å². The van der Waals surface area contributed by atoms with Gasteiger partial charge in [-0.15, -0.1) is 22.7 Å². The maximum Gasteiger partial charge on any atom is 0.237 e. The number of benzene rings is 4. The standard InChI is InChI=1S/C34H16F2N2O4S2/c35-21-5-1-17(2-6-21)31(39)27-9-11-29(43-27)33-37-23-13-19-16-26-24(14-20(19)15-25(23)41-33)38-34(42-26)30-12-10-28(44-30)32(40)18-3-7-22(36)8-4-18/h1-16H. The molecule has 0 aliphatic rings. The molecule has 44 heavy (non-hydrogen) atoms. The first-order chi connectivity index (χ1) is 21.4. The monoisotopic (exact) mass is 618 g/mol. The lowest BCUT2D eigenvalue weighted by Crippen LogP contribution is -1.97. The third-order valence-corrected chi connectivity index (χ3v) is 9.29. The van der Waals surface area contributed by atoms with Crippen LogP contribution in [0.3, 0.4) is 0 Å². The molecule has 0 atom stereocenters. The molecule has 4 aromatic heterocycles. The van der Waals surface area contributed by atoms with Gasteiger partial charge < -0.3 is 8.83 Å². The number of carbonyl (C=O) groups is 2. The Morgan fingerprint density at radius 3 is 1.36 bits per heavy atom. The molecule has 0 aliphatic heterocycles. The lowest BCUT2D eigenvalue weighted by Gasteiger charge is -1.97. The van der Waals surface area contributed by atoms with Crippen molar-refractivity contribution >= 4 is 67.2 Å². The van der Waals surface area contributed by atoms with Crippen LogP contribution in [0.15, 0.2) is 106 Å². The molecule has 10 heteroatoms. The van der Waals surface area contributed by atoms with Gasteiger partial charge in [-0.2, -0.15) is 0 Å². The van der Waals surface area contributed by atoms with E-state index in [2.05, 4.69) is 9.97 Å². The Balaban J connectivity index is 1.08. The molecule has 4 aromatic carbocycles. The zero-order chi connectivity index (χ0) is 29.9. The van der Waals surface area contributed by atoms with Gasteiger partial charge in [0.25, 0.3) is 0 Å². The minimum atomic E-state index is -0.398. The highest BCUT2D eigenvalue weighted by atomic mass is 32.1. The quantitative estimate of drug-likeness (QED) is 0.173. The van der Waals surface area contributed by atoms with Gasteiger partial charge in [0.2, 0.25) is 23.3 Å². The third kappa shape index (κ3) is 4.61. The Labute approximate surface area is 254 Å². The Kier molecular flexibility index (Phi) is 6.07. The Morgan fingerprint density at radius 2 is 0.955 bits per heavy atom. The molecule has 0 unspecified atom stereocenters. The molecular weight excluding hydrogens is 603 g/mol. The van der Waals surface area contributed by atoms with E-state index in [9.17, 15) is 18.4 Å². The predicted octanol–water partition coefficient (Wildman–Crippen LogP) is 9.32. The number of hydrogen-bond donors (Lipinski definition) is 0. The average molecular weight is 619 g/mol. The highest BCUT2D eigenvalue weighted by molar-refractivity contribution is 7.17. The zero-order valence-corrected chi connectivity index (χ0v) is 24.0. The van der Waals surface area contributed by atoms with E-state index in [0.717, 1.165) is 10.8 Å². The van der Waals surface area contributed by atoms with Gasteiger partial charge in [-0.1, -0.05) is 0 Å². The molecule has 0 radical (unpaired) electrons. The van der Waals surface area contributed by atoms with Crippen LogP contribution in [0.5, 0.6) is 0 Å². The fourth-order valence-electron chi connectivity index (χ4n) is 4.94. The van der Waals surface area contributed by atoms with E-state index < -0.39 is 11.6 Å². The van der Waals surface area contributed by atoms with E-state index >= 15 is 0 Å². The first-order valence-corrected chi connectivity index (χ1v) is 15.0. The van der Waals surface area contributed by atoms with Gasteiger partial charge in [0, 0.05) is 11.1 Å².